The van der Waals surface area contributed by atoms with Gasteiger partial charge < -0.3 is 13.8 Å². The van der Waals surface area contributed by atoms with Crippen molar-refractivity contribution in [2.75, 3.05) is 0 Å². The number of imidazole rings is 1. The minimum Gasteiger partial charge on any atom is -0.457 e. The molecular weight excluding hydrogens is 464 g/mol. The monoisotopic (exact) mass is 494 g/mol. The van der Waals surface area contributed by atoms with Crippen LogP contribution in [0.4, 0.5) is 0 Å². The van der Waals surface area contributed by atoms with Gasteiger partial charge in [-0.25, -0.2) is 9.78 Å². The Morgan fingerprint density at radius 2 is 1.86 bits per heavy atom. The van der Waals surface area contributed by atoms with Crippen LogP contribution in [0, 0.1) is 0 Å². The molecule has 0 saturated heterocycles. The smallest absolute Gasteiger partial charge is 0.330 e. The minimum absolute atomic E-state index is 0.0717. The van der Waals surface area contributed by atoms with Crippen LogP contribution in [0.1, 0.15) is 62.6 Å². The molecule has 0 radical (unpaired) electrons. The zero-order valence-corrected chi connectivity index (χ0v) is 20.5. The second-order valence-electron chi connectivity index (χ2n) is 8.55. The van der Waals surface area contributed by atoms with Crippen molar-refractivity contribution in [1.29, 1.82) is 0 Å². The number of carbonyl (C=O) groups excluding carboxylic acids is 1. The molecular formula is C25H30N6O5. The quantitative estimate of drug-likeness (QED) is 0.297. The predicted octanol–water partition coefficient (Wildman–Crippen LogP) is 2.75. The van der Waals surface area contributed by atoms with Crippen LogP contribution in [0.25, 0.3) is 11.2 Å². The fourth-order valence-corrected chi connectivity index (χ4v) is 3.94. The molecule has 0 aliphatic rings. The van der Waals surface area contributed by atoms with Crippen molar-refractivity contribution in [3.63, 3.8) is 0 Å². The summed E-state index contributed by atoms with van der Waals surface area (Å²) >= 11 is 0. The first-order chi connectivity index (χ1) is 17.5. The number of benzene rings is 1. The van der Waals surface area contributed by atoms with E-state index in [9.17, 15) is 14.4 Å². The molecule has 4 aromatic rings. The van der Waals surface area contributed by atoms with Crippen LogP contribution in [0.5, 0.6) is 0 Å². The normalized spacial score (nSPS) is 11.3. The molecule has 3 aromatic heterocycles. The van der Waals surface area contributed by atoms with Gasteiger partial charge in [0.1, 0.15) is 12.4 Å². The standard InChI is InChI=1S/C25H30N6O5/c1-3-5-14-30-19(16-35-21(32)13-12-20-26-18(9-4-2)29-36-20)27-23-22(30)24(33)28-25(34)31(23)15-17-10-7-6-8-11-17/h6-8,10-11H,3-5,9,12-16H2,1-2H3,(H,28,33,34). The Hall–Kier alpha value is -4.02. The van der Waals surface area contributed by atoms with Crippen molar-refractivity contribution in [3.05, 3.63) is 74.3 Å². The maximum atomic E-state index is 12.8. The van der Waals surface area contributed by atoms with E-state index in [4.69, 9.17) is 9.26 Å². The van der Waals surface area contributed by atoms with Crippen molar-refractivity contribution in [2.24, 2.45) is 0 Å². The Bertz CT molecular complexity index is 1430. The average molecular weight is 495 g/mol. The molecule has 0 unspecified atom stereocenters. The zero-order valence-electron chi connectivity index (χ0n) is 20.5. The number of carbonyl (C=O) groups is 1. The first-order valence-electron chi connectivity index (χ1n) is 12.2. The van der Waals surface area contributed by atoms with Gasteiger partial charge in [-0.2, -0.15) is 4.98 Å². The fourth-order valence-electron chi connectivity index (χ4n) is 3.94. The van der Waals surface area contributed by atoms with Gasteiger partial charge in [-0.05, 0) is 18.4 Å². The number of unbranched alkanes of at least 4 members (excludes halogenated alkanes) is 1. The van der Waals surface area contributed by atoms with Gasteiger partial charge in [0.15, 0.2) is 17.0 Å². The number of hydrogen-bond acceptors (Lipinski definition) is 8. The molecule has 3 heterocycles. The van der Waals surface area contributed by atoms with Gasteiger partial charge in [0, 0.05) is 19.4 Å². The number of aromatic nitrogens is 6. The van der Waals surface area contributed by atoms with Gasteiger partial charge >= 0.3 is 11.7 Å². The van der Waals surface area contributed by atoms with Gasteiger partial charge in [-0.3, -0.25) is 19.1 Å². The molecule has 1 N–H and O–H groups in total. The van der Waals surface area contributed by atoms with Crippen molar-refractivity contribution in [2.45, 2.75) is 72.1 Å². The lowest BCUT2D eigenvalue weighted by Crippen LogP contribution is -2.31. The van der Waals surface area contributed by atoms with Crippen molar-refractivity contribution in [3.8, 4) is 0 Å². The Morgan fingerprint density at radius 1 is 1.06 bits per heavy atom. The number of esters is 1. The lowest BCUT2D eigenvalue weighted by atomic mass is 10.2. The van der Waals surface area contributed by atoms with Gasteiger partial charge in [0.25, 0.3) is 5.56 Å². The molecule has 0 aliphatic heterocycles. The van der Waals surface area contributed by atoms with Crippen LogP contribution in [0.15, 0.2) is 44.4 Å². The van der Waals surface area contributed by atoms with Crippen LogP contribution in [0.2, 0.25) is 0 Å². The highest BCUT2D eigenvalue weighted by Gasteiger charge is 2.20. The van der Waals surface area contributed by atoms with Gasteiger partial charge in [0.05, 0.1) is 13.0 Å². The molecule has 4 rings (SSSR count). The summed E-state index contributed by atoms with van der Waals surface area (Å²) in [5.74, 6) is 0.974. The number of rotatable bonds is 12. The molecule has 11 nitrogen and oxygen atoms in total. The number of fused-ring (bicyclic) bond motifs is 1. The molecule has 36 heavy (non-hydrogen) atoms. The SMILES string of the molecule is CCCCn1c(COC(=O)CCc2nc(CCC)no2)nc2c1c(=O)[nH]c(=O)n2Cc1ccccc1. The van der Waals surface area contributed by atoms with Crippen LogP contribution < -0.4 is 11.2 Å². The van der Waals surface area contributed by atoms with Crippen molar-refractivity contribution in [1.82, 2.24) is 29.2 Å². The molecule has 0 amide bonds. The molecule has 190 valence electrons. The molecule has 0 bridgehead atoms. The highest BCUT2D eigenvalue weighted by molar-refractivity contribution is 5.72. The van der Waals surface area contributed by atoms with Crippen molar-refractivity contribution >= 4 is 17.1 Å². The molecule has 0 fully saturated rings. The molecule has 1 aromatic carbocycles. The summed E-state index contributed by atoms with van der Waals surface area (Å²) in [7, 11) is 0. The Kier molecular flexibility index (Phi) is 8.09. The summed E-state index contributed by atoms with van der Waals surface area (Å²) in [4.78, 5) is 49.1. The Morgan fingerprint density at radius 3 is 2.61 bits per heavy atom. The maximum absolute atomic E-state index is 12.8. The summed E-state index contributed by atoms with van der Waals surface area (Å²) in [6, 6.07) is 9.45. The second kappa shape index (κ2) is 11.6. The average Bonchev–Trinajstić information content (AvgIpc) is 3.48. The largest absolute Gasteiger partial charge is 0.457 e. The Labute approximate surface area is 207 Å². The number of H-pyrrole nitrogens is 1. The minimum atomic E-state index is -0.540. The summed E-state index contributed by atoms with van der Waals surface area (Å²) in [5.41, 5.74) is 0.400. The summed E-state index contributed by atoms with van der Waals surface area (Å²) in [6.07, 6.45) is 3.66. The highest BCUT2D eigenvalue weighted by Crippen LogP contribution is 2.16. The number of aryl methyl sites for hydroxylation is 3. The summed E-state index contributed by atoms with van der Waals surface area (Å²) < 4.78 is 13.8. The number of nitrogens with one attached hydrogen (secondary N) is 1. The van der Waals surface area contributed by atoms with E-state index >= 15 is 0 Å². The third-order valence-electron chi connectivity index (χ3n) is 5.77. The molecule has 11 heteroatoms. The number of aromatic amines is 1. The number of ether oxygens (including phenoxy) is 1. The summed E-state index contributed by atoms with van der Waals surface area (Å²) in [5, 5.41) is 3.88. The van der Waals surface area contributed by atoms with E-state index in [-0.39, 0.29) is 31.6 Å². The van der Waals surface area contributed by atoms with E-state index in [2.05, 4.69) is 20.1 Å². The number of nitrogens with zero attached hydrogens (tertiary/aromatic N) is 5. The van der Waals surface area contributed by atoms with E-state index in [0.717, 1.165) is 31.2 Å². The van der Waals surface area contributed by atoms with E-state index in [0.29, 0.717) is 29.6 Å². The molecule has 0 saturated carbocycles. The van der Waals surface area contributed by atoms with Crippen LogP contribution in [0.3, 0.4) is 0 Å². The lowest BCUT2D eigenvalue weighted by molar-refractivity contribution is -0.145. The zero-order chi connectivity index (χ0) is 25.5. The maximum Gasteiger partial charge on any atom is 0.330 e. The van der Waals surface area contributed by atoms with Crippen molar-refractivity contribution < 1.29 is 14.1 Å². The second-order valence-corrected chi connectivity index (χ2v) is 8.55. The third kappa shape index (κ3) is 5.78. The van der Waals surface area contributed by atoms with Crippen LogP contribution in [-0.2, 0) is 42.1 Å². The van der Waals surface area contributed by atoms with Crippen LogP contribution >= 0.6 is 0 Å². The predicted molar refractivity (Wildman–Crippen MR) is 131 cm³/mol. The molecule has 0 aliphatic carbocycles. The topological polar surface area (TPSA) is 138 Å². The van der Waals surface area contributed by atoms with E-state index in [1.807, 2.05) is 44.2 Å². The van der Waals surface area contributed by atoms with Gasteiger partial charge in [0.2, 0.25) is 5.89 Å². The highest BCUT2D eigenvalue weighted by atomic mass is 16.5. The molecule has 0 spiro atoms. The Balaban J connectivity index is 1.56. The fraction of sp³-hybridized carbons (Fsp3) is 0.440. The lowest BCUT2D eigenvalue weighted by Gasteiger charge is -2.09. The molecule has 0 atom stereocenters. The van der Waals surface area contributed by atoms with Crippen LogP contribution in [-0.4, -0.2) is 35.2 Å². The summed E-state index contributed by atoms with van der Waals surface area (Å²) in [6.45, 7) is 4.70. The van der Waals surface area contributed by atoms with E-state index in [1.165, 1.54) is 4.57 Å². The first kappa shape index (κ1) is 25.1. The van der Waals surface area contributed by atoms with E-state index < -0.39 is 17.2 Å². The van der Waals surface area contributed by atoms with Gasteiger partial charge in [-0.15, -0.1) is 0 Å². The van der Waals surface area contributed by atoms with E-state index in [1.54, 1.807) is 4.57 Å². The van der Waals surface area contributed by atoms with Gasteiger partial charge in [-0.1, -0.05) is 55.8 Å². The number of hydrogen-bond donors (Lipinski definition) is 1. The first-order valence-corrected chi connectivity index (χ1v) is 12.2. The third-order valence-corrected chi connectivity index (χ3v) is 5.77.